The Morgan fingerprint density at radius 1 is 1.12 bits per heavy atom. The van der Waals surface area contributed by atoms with E-state index in [4.69, 9.17) is 0 Å². The van der Waals surface area contributed by atoms with Crippen molar-refractivity contribution in [2.75, 3.05) is 0 Å². The molecule has 0 heterocycles. The normalized spacial score (nSPS) is 20.5. The quantitative estimate of drug-likeness (QED) is 0.598. The van der Waals surface area contributed by atoms with Gasteiger partial charge in [0.15, 0.2) is 0 Å². The Hall–Kier alpha value is -1.82. The zero-order valence-corrected chi connectivity index (χ0v) is 9.90. The summed E-state index contributed by atoms with van der Waals surface area (Å²) >= 11 is 0. The summed E-state index contributed by atoms with van der Waals surface area (Å²) in [7, 11) is 0. The molecule has 2 aliphatic carbocycles. The second-order valence-corrected chi connectivity index (χ2v) is 5.06. The lowest BCUT2D eigenvalue weighted by molar-refractivity contribution is 0.854. The minimum atomic E-state index is 0.590. The van der Waals surface area contributed by atoms with Gasteiger partial charge in [-0.2, -0.15) is 0 Å². The molecular formula is C17H14. The van der Waals surface area contributed by atoms with Crippen LogP contribution in [0.15, 0.2) is 42.5 Å². The average Bonchev–Trinajstić information content (AvgIpc) is 2.38. The first-order valence-electron chi connectivity index (χ1n) is 6.25. The maximum absolute atomic E-state index is 2.37. The molecule has 0 amide bonds. The van der Waals surface area contributed by atoms with E-state index in [-0.39, 0.29) is 0 Å². The van der Waals surface area contributed by atoms with E-state index in [9.17, 15) is 0 Å². The third-order valence-electron chi connectivity index (χ3n) is 4.10. The number of rotatable bonds is 0. The molecule has 0 N–H and O–H groups in total. The molecule has 0 radical (unpaired) electrons. The molecule has 0 bridgehead atoms. The highest BCUT2D eigenvalue weighted by Crippen LogP contribution is 2.43. The molecule has 0 aliphatic heterocycles. The first-order valence-corrected chi connectivity index (χ1v) is 6.25. The summed E-state index contributed by atoms with van der Waals surface area (Å²) in [5, 5.41) is 2.86. The molecule has 1 atom stereocenters. The third kappa shape index (κ3) is 1.13. The molecule has 17 heavy (non-hydrogen) atoms. The van der Waals surface area contributed by atoms with E-state index >= 15 is 0 Å². The summed E-state index contributed by atoms with van der Waals surface area (Å²) in [5.74, 6) is 0.590. The summed E-state index contributed by atoms with van der Waals surface area (Å²) in [4.78, 5) is 0. The molecule has 0 saturated heterocycles. The van der Waals surface area contributed by atoms with E-state index in [0.29, 0.717) is 5.92 Å². The van der Waals surface area contributed by atoms with Crippen LogP contribution in [0.4, 0.5) is 0 Å². The van der Waals surface area contributed by atoms with E-state index < -0.39 is 0 Å². The zero-order chi connectivity index (χ0) is 11.4. The lowest BCUT2D eigenvalue weighted by Gasteiger charge is -2.27. The van der Waals surface area contributed by atoms with Crippen LogP contribution in [-0.2, 0) is 0 Å². The van der Waals surface area contributed by atoms with Gasteiger partial charge >= 0.3 is 0 Å². The topological polar surface area (TPSA) is 0 Å². The maximum Gasteiger partial charge on any atom is 0.00684 e. The fourth-order valence-corrected chi connectivity index (χ4v) is 3.23. The molecular weight excluding hydrogens is 204 g/mol. The van der Waals surface area contributed by atoms with Crippen LogP contribution in [0.5, 0.6) is 0 Å². The van der Waals surface area contributed by atoms with E-state index in [1.54, 1.807) is 5.56 Å². The first kappa shape index (κ1) is 9.23. The van der Waals surface area contributed by atoms with Gasteiger partial charge in [-0.1, -0.05) is 48.6 Å². The van der Waals surface area contributed by atoms with Crippen molar-refractivity contribution in [1.82, 2.24) is 0 Å². The van der Waals surface area contributed by atoms with Gasteiger partial charge in [0.05, 0.1) is 0 Å². The summed E-state index contributed by atoms with van der Waals surface area (Å²) in [6, 6.07) is 11.2. The minimum absolute atomic E-state index is 0.590. The van der Waals surface area contributed by atoms with Crippen LogP contribution in [0.1, 0.15) is 36.0 Å². The largest absolute Gasteiger partial charge is 0.0801 e. The van der Waals surface area contributed by atoms with Gasteiger partial charge in [0.25, 0.3) is 0 Å². The number of hydrogen-bond acceptors (Lipinski definition) is 0. The molecule has 0 spiro atoms. The molecule has 0 aromatic heterocycles. The Labute approximate surface area is 101 Å². The molecule has 0 nitrogen and oxygen atoms in total. The van der Waals surface area contributed by atoms with Gasteiger partial charge < -0.3 is 0 Å². The SMILES string of the molecule is CC1=CCC2C=Cc3cccc4ccc1c2c34. The van der Waals surface area contributed by atoms with Crippen LogP contribution >= 0.6 is 0 Å². The molecule has 82 valence electrons. The van der Waals surface area contributed by atoms with Crippen molar-refractivity contribution in [3.8, 4) is 0 Å². The van der Waals surface area contributed by atoms with Gasteiger partial charge in [-0.3, -0.25) is 0 Å². The Kier molecular flexibility index (Phi) is 1.69. The number of hydrogen-bond donors (Lipinski definition) is 0. The standard InChI is InChI=1S/C17H14/c1-11-5-6-14-8-7-12-3-2-4-13-9-10-15(11)17(14)16(12)13/h2-5,7-10,14H,6H2,1H3. The van der Waals surface area contributed by atoms with E-state index in [1.807, 2.05) is 0 Å². The van der Waals surface area contributed by atoms with Crippen molar-refractivity contribution in [2.24, 2.45) is 0 Å². The summed E-state index contributed by atoms with van der Waals surface area (Å²) < 4.78 is 0. The van der Waals surface area contributed by atoms with Crippen molar-refractivity contribution in [2.45, 2.75) is 19.3 Å². The predicted molar refractivity (Wildman–Crippen MR) is 74.0 cm³/mol. The number of allylic oxidation sites excluding steroid dienone is 3. The molecule has 2 aromatic carbocycles. The summed E-state index contributed by atoms with van der Waals surface area (Å²) in [6.07, 6.45) is 8.18. The van der Waals surface area contributed by atoms with Crippen molar-refractivity contribution >= 4 is 22.4 Å². The van der Waals surface area contributed by atoms with Gasteiger partial charge in [-0.25, -0.2) is 0 Å². The Morgan fingerprint density at radius 2 is 2.06 bits per heavy atom. The Bertz CT molecular complexity index is 686. The van der Waals surface area contributed by atoms with E-state index in [1.165, 1.54) is 27.5 Å². The average molecular weight is 218 g/mol. The second-order valence-electron chi connectivity index (χ2n) is 5.06. The van der Waals surface area contributed by atoms with Crippen molar-refractivity contribution in [3.05, 3.63) is 59.2 Å². The monoisotopic (exact) mass is 218 g/mol. The van der Waals surface area contributed by atoms with Crippen LogP contribution in [0.3, 0.4) is 0 Å². The highest BCUT2D eigenvalue weighted by molar-refractivity contribution is 5.99. The van der Waals surface area contributed by atoms with Gasteiger partial charge in [0.2, 0.25) is 0 Å². The first-order chi connectivity index (χ1) is 8.34. The van der Waals surface area contributed by atoms with E-state index in [0.717, 1.165) is 6.42 Å². The smallest absolute Gasteiger partial charge is 0.00684 e. The van der Waals surface area contributed by atoms with Gasteiger partial charge in [-0.15, -0.1) is 0 Å². The van der Waals surface area contributed by atoms with E-state index in [2.05, 4.69) is 55.5 Å². The zero-order valence-electron chi connectivity index (χ0n) is 9.90. The van der Waals surface area contributed by atoms with Crippen LogP contribution in [-0.4, -0.2) is 0 Å². The highest BCUT2D eigenvalue weighted by Gasteiger charge is 2.23. The molecule has 0 heteroatoms. The molecule has 2 aromatic rings. The highest BCUT2D eigenvalue weighted by atomic mass is 14.3. The Balaban J connectivity index is 2.23. The summed E-state index contributed by atoms with van der Waals surface area (Å²) in [5.41, 5.74) is 5.82. The van der Waals surface area contributed by atoms with Gasteiger partial charge in [-0.05, 0) is 46.4 Å². The second kappa shape index (κ2) is 3.10. The molecule has 0 saturated carbocycles. The van der Waals surface area contributed by atoms with Crippen LogP contribution in [0.2, 0.25) is 0 Å². The predicted octanol–water partition coefficient (Wildman–Crippen LogP) is 4.76. The fraction of sp³-hybridized carbons (Fsp3) is 0.176. The van der Waals surface area contributed by atoms with Crippen LogP contribution in [0.25, 0.3) is 22.4 Å². The van der Waals surface area contributed by atoms with Gasteiger partial charge in [0.1, 0.15) is 0 Å². The number of benzene rings is 2. The molecule has 4 rings (SSSR count). The van der Waals surface area contributed by atoms with Crippen LogP contribution < -0.4 is 0 Å². The minimum Gasteiger partial charge on any atom is -0.0801 e. The van der Waals surface area contributed by atoms with Crippen molar-refractivity contribution in [1.29, 1.82) is 0 Å². The lowest BCUT2D eigenvalue weighted by atomic mass is 9.77. The van der Waals surface area contributed by atoms with Gasteiger partial charge in [0, 0.05) is 5.92 Å². The maximum atomic E-state index is 2.37. The fourth-order valence-electron chi connectivity index (χ4n) is 3.23. The van der Waals surface area contributed by atoms with Crippen molar-refractivity contribution in [3.63, 3.8) is 0 Å². The molecule has 2 aliphatic rings. The van der Waals surface area contributed by atoms with Crippen molar-refractivity contribution < 1.29 is 0 Å². The Morgan fingerprint density at radius 3 is 3.00 bits per heavy atom. The summed E-state index contributed by atoms with van der Waals surface area (Å²) in [6.45, 7) is 2.23. The molecule has 0 fully saturated rings. The molecule has 1 unspecified atom stereocenters. The lowest BCUT2D eigenvalue weighted by Crippen LogP contribution is -2.08. The third-order valence-corrected chi connectivity index (χ3v) is 4.10. The van der Waals surface area contributed by atoms with Crippen LogP contribution in [0, 0.1) is 0 Å².